The predicted octanol–water partition coefficient (Wildman–Crippen LogP) is 4.96. The Labute approximate surface area is 178 Å². The second kappa shape index (κ2) is 9.95. The normalized spacial score (nSPS) is 11.3. The van der Waals surface area contributed by atoms with Crippen LogP contribution in [0.15, 0.2) is 36.4 Å². The van der Waals surface area contributed by atoms with Crippen LogP contribution < -0.4 is 9.64 Å². The van der Waals surface area contributed by atoms with Crippen LogP contribution in [0.3, 0.4) is 0 Å². The molecule has 0 spiro atoms. The fraction of sp³-hybridized carbons (Fsp3) is 0.364. The van der Waals surface area contributed by atoms with E-state index in [1.54, 1.807) is 0 Å². The van der Waals surface area contributed by atoms with Gasteiger partial charge < -0.3 is 9.64 Å². The lowest BCUT2D eigenvalue weighted by Gasteiger charge is -2.24. The van der Waals surface area contributed by atoms with Crippen LogP contribution in [-0.2, 0) is 0 Å². The molecule has 0 aliphatic heterocycles. The van der Waals surface area contributed by atoms with Crippen LogP contribution in [0.4, 0.5) is 13.9 Å². The van der Waals surface area contributed by atoms with E-state index in [9.17, 15) is 13.6 Å². The molecule has 1 aromatic heterocycles. The second-order valence-corrected chi connectivity index (χ2v) is 7.65. The lowest BCUT2D eigenvalue weighted by atomic mass is 10.2. The van der Waals surface area contributed by atoms with Gasteiger partial charge in [0.05, 0.1) is 11.3 Å². The quantitative estimate of drug-likeness (QED) is 0.478. The molecule has 8 heteroatoms. The number of benzene rings is 2. The van der Waals surface area contributed by atoms with Gasteiger partial charge in [0.2, 0.25) is 0 Å². The minimum absolute atomic E-state index is 0.0812. The van der Waals surface area contributed by atoms with Gasteiger partial charge in [-0.1, -0.05) is 31.3 Å². The van der Waals surface area contributed by atoms with Crippen molar-refractivity contribution in [1.29, 1.82) is 0 Å². The minimum Gasteiger partial charge on any atom is -0.492 e. The van der Waals surface area contributed by atoms with Crippen LogP contribution in [0, 0.1) is 11.6 Å². The predicted molar refractivity (Wildman–Crippen MR) is 117 cm³/mol. The summed E-state index contributed by atoms with van der Waals surface area (Å²) in [6, 6.07) is 8.84. The zero-order chi connectivity index (χ0) is 21.7. The second-order valence-electron chi connectivity index (χ2n) is 6.64. The Bertz CT molecular complexity index is 1020. The number of hydrogen-bond acceptors (Lipinski definition) is 5. The number of aromatic nitrogens is 1. The van der Waals surface area contributed by atoms with Crippen LogP contribution >= 0.6 is 11.3 Å². The number of ether oxygens (including phenoxy) is 1. The third kappa shape index (κ3) is 4.76. The maximum Gasteiger partial charge on any atom is 0.260 e. The molecule has 160 valence electrons. The molecule has 0 saturated carbocycles. The van der Waals surface area contributed by atoms with E-state index in [1.165, 1.54) is 22.3 Å². The van der Waals surface area contributed by atoms with Crippen molar-refractivity contribution in [3.63, 3.8) is 0 Å². The van der Waals surface area contributed by atoms with Crippen LogP contribution in [0.25, 0.3) is 10.2 Å². The summed E-state index contributed by atoms with van der Waals surface area (Å²) >= 11 is 1.37. The van der Waals surface area contributed by atoms with E-state index in [2.05, 4.69) is 23.7 Å². The Morgan fingerprint density at radius 2 is 1.83 bits per heavy atom. The topological polar surface area (TPSA) is 45.7 Å². The number of anilines is 1. The smallest absolute Gasteiger partial charge is 0.260 e. The van der Waals surface area contributed by atoms with Crippen molar-refractivity contribution in [3.8, 4) is 5.75 Å². The summed E-state index contributed by atoms with van der Waals surface area (Å²) < 4.78 is 33.7. The number of nitrogens with zero attached hydrogens (tertiary/aromatic N) is 3. The number of carbonyl (C=O) groups excluding carboxylic acids is 1. The van der Waals surface area contributed by atoms with Gasteiger partial charge >= 0.3 is 0 Å². The molecule has 2 aromatic carbocycles. The summed E-state index contributed by atoms with van der Waals surface area (Å²) in [6.07, 6.45) is 0. The van der Waals surface area contributed by atoms with Crippen molar-refractivity contribution < 1.29 is 18.3 Å². The highest BCUT2D eigenvalue weighted by atomic mass is 32.1. The fourth-order valence-corrected chi connectivity index (χ4v) is 4.16. The zero-order valence-electron chi connectivity index (χ0n) is 17.3. The monoisotopic (exact) mass is 433 g/mol. The van der Waals surface area contributed by atoms with Crippen molar-refractivity contribution in [2.75, 3.05) is 37.7 Å². The first-order chi connectivity index (χ1) is 14.5. The summed E-state index contributed by atoms with van der Waals surface area (Å²) in [4.78, 5) is 21.6. The molecule has 0 unspecified atom stereocenters. The average Bonchev–Trinajstić information content (AvgIpc) is 3.18. The van der Waals surface area contributed by atoms with Crippen molar-refractivity contribution in [1.82, 2.24) is 9.88 Å². The van der Waals surface area contributed by atoms with E-state index in [-0.39, 0.29) is 5.56 Å². The Balaban J connectivity index is 2.00. The maximum absolute atomic E-state index is 13.8. The van der Waals surface area contributed by atoms with Crippen molar-refractivity contribution >= 4 is 32.6 Å². The van der Waals surface area contributed by atoms with Gasteiger partial charge in [0.1, 0.15) is 11.3 Å². The Hall–Kier alpha value is -2.58. The molecule has 3 rings (SSSR count). The van der Waals surface area contributed by atoms with Crippen LogP contribution in [0.2, 0.25) is 0 Å². The molecule has 0 bridgehead atoms. The molecule has 0 fully saturated rings. The molecular weight excluding hydrogens is 408 g/mol. The zero-order valence-corrected chi connectivity index (χ0v) is 18.1. The van der Waals surface area contributed by atoms with Gasteiger partial charge in [0.25, 0.3) is 5.91 Å². The first-order valence-corrected chi connectivity index (χ1v) is 10.8. The van der Waals surface area contributed by atoms with E-state index in [0.29, 0.717) is 36.1 Å². The molecule has 1 heterocycles. The molecule has 5 nitrogen and oxygen atoms in total. The molecule has 0 aliphatic rings. The molecule has 0 saturated heterocycles. The number of halogens is 2. The Morgan fingerprint density at radius 1 is 1.07 bits per heavy atom. The lowest BCUT2D eigenvalue weighted by molar-refractivity contribution is 0.0983. The fourth-order valence-electron chi connectivity index (χ4n) is 3.15. The van der Waals surface area contributed by atoms with Crippen LogP contribution in [-0.4, -0.2) is 48.6 Å². The number of rotatable bonds is 9. The first kappa shape index (κ1) is 22.1. The van der Waals surface area contributed by atoms with Gasteiger partial charge in [-0.05, 0) is 50.3 Å². The van der Waals surface area contributed by atoms with Crippen molar-refractivity contribution in [3.05, 3.63) is 53.6 Å². The van der Waals surface area contributed by atoms with E-state index in [4.69, 9.17) is 4.74 Å². The van der Waals surface area contributed by atoms with Crippen molar-refractivity contribution in [2.24, 2.45) is 0 Å². The van der Waals surface area contributed by atoms with E-state index >= 15 is 0 Å². The van der Waals surface area contributed by atoms with Gasteiger partial charge in [0, 0.05) is 18.7 Å². The molecule has 1 amide bonds. The third-order valence-corrected chi connectivity index (χ3v) is 5.89. The SMILES string of the molecule is CCOc1cccc2sc(N(CCN(CC)CC)C(=O)c3ccc(F)c(F)c3)nc12. The summed E-state index contributed by atoms with van der Waals surface area (Å²) in [5.74, 6) is -1.80. The summed E-state index contributed by atoms with van der Waals surface area (Å²) in [5, 5.41) is 0.499. The Morgan fingerprint density at radius 3 is 2.50 bits per heavy atom. The lowest BCUT2D eigenvalue weighted by Crippen LogP contribution is -2.39. The highest BCUT2D eigenvalue weighted by molar-refractivity contribution is 7.22. The number of fused-ring (bicyclic) bond motifs is 1. The molecule has 0 aliphatic carbocycles. The molecule has 0 atom stereocenters. The van der Waals surface area contributed by atoms with Crippen molar-refractivity contribution in [2.45, 2.75) is 20.8 Å². The molecule has 0 N–H and O–H groups in total. The number of para-hydroxylation sites is 1. The number of carbonyl (C=O) groups is 1. The van der Waals surface area contributed by atoms with E-state index < -0.39 is 17.5 Å². The van der Waals surface area contributed by atoms with Gasteiger partial charge in [-0.15, -0.1) is 0 Å². The van der Waals surface area contributed by atoms with Crippen LogP contribution in [0.5, 0.6) is 5.75 Å². The van der Waals surface area contributed by atoms with E-state index in [0.717, 1.165) is 29.9 Å². The van der Waals surface area contributed by atoms with Gasteiger partial charge in [-0.25, -0.2) is 13.8 Å². The van der Waals surface area contributed by atoms with Gasteiger partial charge in [0.15, 0.2) is 16.8 Å². The van der Waals surface area contributed by atoms with Crippen LogP contribution in [0.1, 0.15) is 31.1 Å². The third-order valence-electron chi connectivity index (χ3n) is 4.85. The number of hydrogen-bond donors (Lipinski definition) is 0. The van der Waals surface area contributed by atoms with Gasteiger partial charge in [-0.2, -0.15) is 0 Å². The molecule has 3 aromatic rings. The summed E-state index contributed by atoms with van der Waals surface area (Å²) in [7, 11) is 0. The highest BCUT2D eigenvalue weighted by Crippen LogP contribution is 2.34. The minimum atomic E-state index is -1.05. The maximum atomic E-state index is 13.8. The summed E-state index contributed by atoms with van der Waals surface area (Å²) in [5.41, 5.74) is 0.767. The Kier molecular flexibility index (Phi) is 7.33. The highest BCUT2D eigenvalue weighted by Gasteiger charge is 2.23. The molecular formula is C22H25F2N3O2S. The standard InChI is InChI=1S/C22H25F2N3O2S/c1-4-26(5-2)12-13-27(21(28)15-10-11-16(23)17(24)14-15)22-25-20-18(29-6-3)8-7-9-19(20)30-22/h7-11,14H,4-6,12-13H2,1-3H3. The molecule has 0 radical (unpaired) electrons. The number of thiazole rings is 1. The summed E-state index contributed by atoms with van der Waals surface area (Å²) in [6.45, 7) is 9.21. The number of amides is 1. The van der Waals surface area contributed by atoms with Gasteiger partial charge in [-0.3, -0.25) is 9.69 Å². The largest absolute Gasteiger partial charge is 0.492 e. The number of likely N-dealkylation sites (N-methyl/N-ethyl adjacent to an activating group) is 1. The average molecular weight is 434 g/mol. The van der Waals surface area contributed by atoms with E-state index in [1.807, 2.05) is 25.1 Å². The first-order valence-electron chi connectivity index (χ1n) is 10.00. The molecule has 30 heavy (non-hydrogen) atoms.